The van der Waals surface area contributed by atoms with Gasteiger partial charge < -0.3 is 10.2 Å². The predicted molar refractivity (Wildman–Crippen MR) is 122 cm³/mol. The van der Waals surface area contributed by atoms with E-state index in [1.165, 1.54) is 24.8 Å². The van der Waals surface area contributed by atoms with Gasteiger partial charge in [0, 0.05) is 24.8 Å². The molecule has 0 bridgehead atoms. The van der Waals surface area contributed by atoms with Crippen molar-refractivity contribution in [2.75, 3.05) is 18.4 Å². The molecule has 7 heteroatoms. The standard InChI is InChI=1S/C23H37N3O3S/c1-16(2)30(28,29)25-21-12-14-26(15-13-21)23(27)24-20-10-8-19(9-11-20)22-7-5-6-17(3)18(22)4/h8-11,16-18,21-22,25H,5-7,12-15H2,1-4H3,(H,24,27). The summed E-state index contributed by atoms with van der Waals surface area (Å²) < 4.78 is 26.8. The molecule has 2 aliphatic rings. The lowest BCUT2D eigenvalue weighted by Gasteiger charge is -2.34. The number of anilines is 1. The molecule has 0 aromatic heterocycles. The highest BCUT2D eigenvalue weighted by molar-refractivity contribution is 7.90. The van der Waals surface area contributed by atoms with E-state index < -0.39 is 15.3 Å². The summed E-state index contributed by atoms with van der Waals surface area (Å²) in [5.74, 6) is 2.05. The second-order valence-corrected chi connectivity index (χ2v) is 11.7. The van der Waals surface area contributed by atoms with E-state index in [0.29, 0.717) is 37.8 Å². The molecule has 168 valence electrons. The molecule has 0 radical (unpaired) electrons. The second kappa shape index (κ2) is 9.69. The molecule has 1 heterocycles. The first-order chi connectivity index (χ1) is 14.2. The number of hydrogen-bond acceptors (Lipinski definition) is 3. The minimum atomic E-state index is -3.27. The van der Waals surface area contributed by atoms with Crippen LogP contribution in [0.25, 0.3) is 0 Å². The topological polar surface area (TPSA) is 78.5 Å². The van der Waals surface area contributed by atoms with Crippen molar-refractivity contribution in [1.29, 1.82) is 0 Å². The highest BCUT2D eigenvalue weighted by Gasteiger charge is 2.29. The monoisotopic (exact) mass is 435 g/mol. The number of urea groups is 1. The first-order valence-electron chi connectivity index (χ1n) is 11.3. The SMILES string of the molecule is CC1CCCC(c2ccc(NC(=O)N3CCC(NS(=O)(=O)C(C)C)CC3)cc2)C1C. The van der Waals surface area contributed by atoms with E-state index in [-0.39, 0.29) is 12.1 Å². The van der Waals surface area contributed by atoms with Crippen LogP contribution in [-0.4, -0.2) is 43.7 Å². The largest absolute Gasteiger partial charge is 0.324 e. The Morgan fingerprint density at radius 2 is 1.67 bits per heavy atom. The number of sulfonamides is 1. The molecule has 3 rings (SSSR count). The van der Waals surface area contributed by atoms with Crippen molar-refractivity contribution in [3.63, 3.8) is 0 Å². The van der Waals surface area contributed by atoms with Crippen LogP contribution in [0, 0.1) is 11.8 Å². The summed E-state index contributed by atoms with van der Waals surface area (Å²) in [5.41, 5.74) is 2.17. The van der Waals surface area contributed by atoms with E-state index in [1.807, 2.05) is 12.1 Å². The predicted octanol–water partition coefficient (Wildman–Crippen LogP) is 4.55. The first kappa shape index (κ1) is 23.1. The summed E-state index contributed by atoms with van der Waals surface area (Å²) in [5, 5.41) is 2.55. The Morgan fingerprint density at radius 1 is 1.03 bits per heavy atom. The molecule has 6 nitrogen and oxygen atoms in total. The van der Waals surface area contributed by atoms with Gasteiger partial charge >= 0.3 is 6.03 Å². The van der Waals surface area contributed by atoms with E-state index in [2.05, 4.69) is 36.0 Å². The van der Waals surface area contributed by atoms with Crippen LogP contribution in [0.15, 0.2) is 24.3 Å². The average molecular weight is 436 g/mol. The van der Waals surface area contributed by atoms with Gasteiger partial charge in [-0.15, -0.1) is 0 Å². The van der Waals surface area contributed by atoms with Crippen molar-refractivity contribution in [1.82, 2.24) is 9.62 Å². The van der Waals surface area contributed by atoms with Crippen LogP contribution < -0.4 is 10.0 Å². The summed E-state index contributed by atoms with van der Waals surface area (Å²) in [6.07, 6.45) is 5.12. The summed E-state index contributed by atoms with van der Waals surface area (Å²) in [7, 11) is -3.27. The van der Waals surface area contributed by atoms with E-state index >= 15 is 0 Å². The second-order valence-electron chi connectivity index (χ2n) is 9.40. The number of nitrogens with one attached hydrogen (secondary N) is 2. The van der Waals surface area contributed by atoms with Crippen LogP contribution >= 0.6 is 0 Å². The number of benzene rings is 1. The lowest BCUT2D eigenvalue weighted by Crippen LogP contribution is -2.48. The molecule has 1 aliphatic carbocycles. The van der Waals surface area contributed by atoms with Gasteiger partial charge in [0.05, 0.1) is 5.25 Å². The van der Waals surface area contributed by atoms with Crippen LogP contribution in [-0.2, 0) is 10.0 Å². The fourth-order valence-electron chi connectivity index (χ4n) is 4.64. The molecule has 2 amide bonds. The number of rotatable bonds is 5. The van der Waals surface area contributed by atoms with Gasteiger partial charge in [0.25, 0.3) is 0 Å². The molecule has 30 heavy (non-hydrogen) atoms. The summed E-state index contributed by atoms with van der Waals surface area (Å²) >= 11 is 0. The molecule has 1 saturated carbocycles. The molecule has 1 aliphatic heterocycles. The highest BCUT2D eigenvalue weighted by Crippen LogP contribution is 2.41. The van der Waals surface area contributed by atoms with Crippen molar-refractivity contribution in [2.24, 2.45) is 11.8 Å². The third-order valence-electron chi connectivity index (χ3n) is 7.03. The number of hydrogen-bond donors (Lipinski definition) is 2. The summed E-state index contributed by atoms with van der Waals surface area (Å²) in [4.78, 5) is 14.4. The summed E-state index contributed by atoms with van der Waals surface area (Å²) in [6, 6.07) is 8.10. The Hall–Kier alpha value is -1.60. The van der Waals surface area contributed by atoms with Crippen LogP contribution in [0.1, 0.15) is 71.3 Å². The van der Waals surface area contributed by atoms with Gasteiger partial charge in [-0.05, 0) is 68.6 Å². The third-order valence-corrected chi connectivity index (χ3v) is 8.93. The number of carbonyl (C=O) groups is 1. The Morgan fingerprint density at radius 3 is 2.27 bits per heavy atom. The fraction of sp³-hybridized carbons (Fsp3) is 0.696. The van der Waals surface area contributed by atoms with E-state index in [1.54, 1.807) is 18.7 Å². The maximum Gasteiger partial charge on any atom is 0.321 e. The molecule has 1 saturated heterocycles. The number of likely N-dealkylation sites (tertiary alicyclic amines) is 1. The van der Waals surface area contributed by atoms with Gasteiger partial charge in [-0.25, -0.2) is 17.9 Å². The number of nitrogens with zero attached hydrogens (tertiary/aromatic N) is 1. The minimum absolute atomic E-state index is 0.0967. The average Bonchev–Trinajstić information content (AvgIpc) is 2.71. The number of amides is 2. The fourth-order valence-corrected chi connectivity index (χ4v) is 5.61. The summed E-state index contributed by atoms with van der Waals surface area (Å²) in [6.45, 7) is 9.15. The van der Waals surface area contributed by atoms with Crippen molar-refractivity contribution in [2.45, 2.75) is 77.0 Å². The van der Waals surface area contributed by atoms with Crippen molar-refractivity contribution in [3.05, 3.63) is 29.8 Å². The smallest absolute Gasteiger partial charge is 0.321 e. The molecule has 1 aromatic carbocycles. The van der Waals surface area contributed by atoms with Gasteiger partial charge in [-0.2, -0.15) is 0 Å². The number of carbonyl (C=O) groups excluding carboxylic acids is 1. The maximum absolute atomic E-state index is 12.6. The van der Waals surface area contributed by atoms with Crippen LogP contribution in [0.3, 0.4) is 0 Å². The van der Waals surface area contributed by atoms with Crippen LogP contribution in [0.5, 0.6) is 0 Å². The van der Waals surface area contributed by atoms with Gasteiger partial charge in [-0.3, -0.25) is 0 Å². The van der Waals surface area contributed by atoms with Crippen LogP contribution in [0.2, 0.25) is 0 Å². The molecule has 2 fully saturated rings. The molecule has 3 unspecified atom stereocenters. The first-order valence-corrected chi connectivity index (χ1v) is 12.9. The Balaban J connectivity index is 1.51. The Kier molecular flexibility index (Phi) is 7.45. The molecule has 3 atom stereocenters. The van der Waals surface area contributed by atoms with Crippen molar-refractivity contribution < 1.29 is 13.2 Å². The van der Waals surface area contributed by atoms with Crippen LogP contribution in [0.4, 0.5) is 10.5 Å². The Labute approximate surface area is 181 Å². The van der Waals surface area contributed by atoms with E-state index in [0.717, 1.165) is 11.6 Å². The molecular weight excluding hydrogens is 398 g/mol. The normalized spacial score (nSPS) is 26.0. The zero-order valence-electron chi connectivity index (χ0n) is 18.7. The zero-order valence-corrected chi connectivity index (χ0v) is 19.5. The van der Waals surface area contributed by atoms with Crippen molar-refractivity contribution >= 4 is 21.7 Å². The molecule has 2 N–H and O–H groups in total. The van der Waals surface area contributed by atoms with Gasteiger partial charge in [0.15, 0.2) is 0 Å². The highest BCUT2D eigenvalue weighted by atomic mass is 32.2. The van der Waals surface area contributed by atoms with Gasteiger partial charge in [0.1, 0.15) is 0 Å². The van der Waals surface area contributed by atoms with Gasteiger partial charge in [-0.1, -0.05) is 38.8 Å². The quantitative estimate of drug-likeness (QED) is 0.712. The zero-order chi connectivity index (χ0) is 21.9. The maximum atomic E-state index is 12.6. The number of piperidine rings is 1. The molecular formula is C23H37N3O3S. The Bertz CT molecular complexity index is 815. The van der Waals surface area contributed by atoms with E-state index in [9.17, 15) is 13.2 Å². The lowest BCUT2D eigenvalue weighted by atomic mass is 9.71. The lowest BCUT2D eigenvalue weighted by molar-refractivity contribution is 0.193. The van der Waals surface area contributed by atoms with E-state index in [4.69, 9.17) is 0 Å². The minimum Gasteiger partial charge on any atom is -0.324 e. The molecule has 0 spiro atoms. The third kappa shape index (κ3) is 5.55. The van der Waals surface area contributed by atoms with Gasteiger partial charge in [0.2, 0.25) is 10.0 Å². The van der Waals surface area contributed by atoms with Crippen molar-refractivity contribution in [3.8, 4) is 0 Å². The molecule has 1 aromatic rings.